The van der Waals surface area contributed by atoms with E-state index in [1.54, 1.807) is 6.08 Å². The molecule has 0 saturated heterocycles. The summed E-state index contributed by atoms with van der Waals surface area (Å²) in [7, 11) is 0. The Balaban J connectivity index is 3.98. The van der Waals surface area contributed by atoms with Gasteiger partial charge in [-0.25, -0.2) is 0 Å². The topological polar surface area (TPSA) is 78.1 Å². The molecule has 0 aromatic rings. The number of hydrogen-bond acceptors (Lipinski definition) is 3. The van der Waals surface area contributed by atoms with Crippen molar-refractivity contribution in [2.75, 3.05) is 0 Å². The van der Waals surface area contributed by atoms with Gasteiger partial charge in [0.15, 0.2) is 0 Å². The van der Waals surface area contributed by atoms with E-state index in [0.29, 0.717) is 5.70 Å². The maximum Gasteiger partial charge on any atom is 0.0934 e. The van der Waals surface area contributed by atoms with Crippen molar-refractivity contribution in [2.45, 2.75) is 0 Å². The zero-order valence-corrected chi connectivity index (χ0v) is 5.17. The molecule has 0 aromatic carbocycles. The fourth-order valence-electron chi connectivity index (χ4n) is 0.260. The first-order chi connectivity index (χ1) is 4.16. The van der Waals surface area contributed by atoms with Crippen molar-refractivity contribution in [3.8, 4) is 0 Å². The Morgan fingerprint density at radius 1 is 1.11 bits per heavy atom. The van der Waals surface area contributed by atoms with Crippen LogP contribution in [-0.4, -0.2) is 0 Å². The Kier molecular flexibility index (Phi) is 3.05. The van der Waals surface area contributed by atoms with Gasteiger partial charge in [-0.1, -0.05) is 6.58 Å². The first kappa shape index (κ1) is 7.62. The summed E-state index contributed by atoms with van der Waals surface area (Å²) >= 11 is 0. The van der Waals surface area contributed by atoms with E-state index in [9.17, 15) is 0 Å². The highest BCUT2D eigenvalue weighted by molar-refractivity contribution is 5.19. The van der Waals surface area contributed by atoms with E-state index < -0.39 is 0 Å². The number of rotatable bonds is 2. The Hall–Kier alpha value is -1.38. The molecule has 3 nitrogen and oxygen atoms in total. The van der Waals surface area contributed by atoms with Crippen molar-refractivity contribution in [1.82, 2.24) is 0 Å². The van der Waals surface area contributed by atoms with Crippen LogP contribution in [0, 0.1) is 0 Å². The van der Waals surface area contributed by atoms with E-state index in [1.807, 2.05) is 0 Å². The second kappa shape index (κ2) is 3.60. The highest BCUT2D eigenvalue weighted by Crippen LogP contribution is 1.84. The van der Waals surface area contributed by atoms with Gasteiger partial charge >= 0.3 is 0 Å². The highest BCUT2D eigenvalue weighted by atomic mass is 14.8. The molecule has 0 aliphatic carbocycles. The summed E-state index contributed by atoms with van der Waals surface area (Å²) < 4.78 is 0. The van der Waals surface area contributed by atoms with Gasteiger partial charge in [-0.15, -0.1) is 0 Å². The lowest BCUT2D eigenvalue weighted by molar-refractivity contribution is 1.25. The molecule has 0 aliphatic heterocycles. The molecule has 0 atom stereocenters. The lowest BCUT2D eigenvalue weighted by atomic mass is 10.4. The average Bonchev–Trinajstić information content (AvgIpc) is 1.83. The maximum atomic E-state index is 5.31. The minimum absolute atomic E-state index is 0.236. The molecule has 0 fully saturated rings. The monoisotopic (exact) mass is 125 g/mol. The average molecular weight is 125 g/mol. The van der Waals surface area contributed by atoms with E-state index in [1.165, 1.54) is 12.2 Å². The smallest absolute Gasteiger partial charge is 0.0934 e. The number of nitrogens with two attached hydrogens (primary N) is 3. The molecule has 0 rings (SSSR count). The second-order valence-corrected chi connectivity index (χ2v) is 1.54. The number of hydrogen-bond donors (Lipinski definition) is 3. The lowest BCUT2D eigenvalue weighted by Gasteiger charge is -1.87. The van der Waals surface area contributed by atoms with Crippen LogP contribution in [0.15, 0.2) is 36.3 Å². The van der Waals surface area contributed by atoms with E-state index >= 15 is 0 Å². The van der Waals surface area contributed by atoms with Gasteiger partial charge < -0.3 is 17.2 Å². The molecular weight excluding hydrogens is 114 g/mol. The Bertz CT molecular complexity index is 152. The molecule has 3 heteroatoms. The molecule has 0 unspecified atom stereocenters. The van der Waals surface area contributed by atoms with Crippen LogP contribution in [0.4, 0.5) is 0 Å². The number of allylic oxidation sites excluding steroid dienone is 3. The minimum Gasteiger partial charge on any atom is -0.399 e. The minimum atomic E-state index is 0.236. The maximum absolute atomic E-state index is 5.31. The van der Waals surface area contributed by atoms with E-state index in [4.69, 9.17) is 17.2 Å². The third kappa shape index (κ3) is 4.47. The molecule has 0 aromatic heterocycles. The predicted octanol–water partition coefficient (Wildman–Crippen LogP) is -0.226. The van der Waals surface area contributed by atoms with Crippen LogP contribution in [0.2, 0.25) is 0 Å². The molecule has 50 valence electrons. The predicted molar refractivity (Wildman–Crippen MR) is 38.9 cm³/mol. The van der Waals surface area contributed by atoms with Crippen LogP contribution >= 0.6 is 0 Å². The van der Waals surface area contributed by atoms with Crippen LogP contribution < -0.4 is 17.2 Å². The van der Waals surface area contributed by atoms with Gasteiger partial charge in [0.25, 0.3) is 0 Å². The van der Waals surface area contributed by atoms with Gasteiger partial charge in [0.1, 0.15) is 0 Å². The first-order valence-corrected chi connectivity index (χ1v) is 2.47. The van der Waals surface area contributed by atoms with Crippen LogP contribution in [0.1, 0.15) is 0 Å². The van der Waals surface area contributed by atoms with Gasteiger partial charge in [0, 0.05) is 5.70 Å². The molecular formula is C6H11N3. The van der Waals surface area contributed by atoms with Crippen molar-refractivity contribution in [2.24, 2.45) is 17.2 Å². The standard InChI is InChI=1S/C6H11N3/c1-2-5(7)3-4-6(8)9/h2-4H,1,7-9H2/b5-3-. The summed E-state index contributed by atoms with van der Waals surface area (Å²) in [6.07, 6.45) is 4.61. The first-order valence-electron chi connectivity index (χ1n) is 2.47. The van der Waals surface area contributed by atoms with Gasteiger partial charge in [0.05, 0.1) is 5.82 Å². The van der Waals surface area contributed by atoms with Gasteiger partial charge in [-0.3, -0.25) is 0 Å². The zero-order chi connectivity index (χ0) is 7.28. The second-order valence-electron chi connectivity index (χ2n) is 1.54. The van der Waals surface area contributed by atoms with Gasteiger partial charge in [-0.05, 0) is 18.2 Å². The Morgan fingerprint density at radius 3 is 2.00 bits per heavy atom. The van der Waals surface area contributed by atoms with Gasteiger partial charge in [-0.2, -0.15) is 0 Å². The van der Waals surface area contributed by atoms with Crippen LogP contribution in [-0.2, 0) is 0 Å². The quantitative estimate of drug-likeness (QED) is 0.446. The summed E-state index contributed by atoms with van der Waals surface area (Å²) in [5.74, 6) is 0.236. The summed E-state index contributed by atoms with van der Waals surface area (Å²) in [5.41, 5.74) is 16.1. The van der Waals surface area contributed by atoms with Crippen LogP contribution in [0.5, 0.6) is 0 Å². The fourth-order valence-corrected chi connectivity index (χ4v) is 0.260. The van der Waals surface area contributed by atoms with E-state index in [2.05, 4.69) is 6.58 Å². The lowest BCUT2D eigenvalue weighted by Crippen LogP contribution is -2.07. The normalized spacial score (nSPS) is 10.4. The van der Waals surface area contributed by atoms with E-state index in [0.717, 1.165) is 0 Å². The van der Waals surface area contributed by atoms with Crippen molar-refractivity contribution < 1.29 is 0 Å². The molecule has 0 saturated carbocycles. The van der Waals surface area contributed by atoms with Gasteiger partial charge in [0.2, 0.25) is 0 Å². The van der Waals surface area contributed by atoms with Crippen molar-refractivity contribution in [1.29, 1.82) is 0 Å². The molecule has 0 radical (unpaired) electrons. The summed E-state index contributed by atoms with van der Waals surface area (Å²) in [6.45, 7) is 3.43. The SMILES string of the molecule is C=C/C(N)=C/C=C(N)N. The third-order valence-electron chi connectivity index (χ3n) is 0.704. The summed E-state index contributed by atoms with van der Waals surface area (Å²) in [5, 5.41) is 0. The molecule has 0 amide bonds. The largest absolute Gasteiger partial charge is 0.399 e. The molecule has 0 aliphatic rings. The van der Waals surface area contributed by atoms with Crippen LogP contribution in [0.3, 0.4) is 0 Å². The molecule has 9 heavy (non-hydrogen) atoms. The fraction of sp³-hybridized carbons (Fsp3) is 0. The van der Waals surface area contributed by atoms with Crippen LogP contribution in [0.25, 0.3) is 0 Å². The Labute approximate surface area is 54.5 Å². The third-order valence-corrected chi connectivity index (χ3v) is 0.704. The summed E-state index contributed by atoms with van der Waals surface area (Å²) in [4.78, 5) is 0. The molecule has 0 bridgehead atoms. The summed E-state index contributed by atoms with van der Waals surface area (Å²) in [6, 6.07) is 0. The zero-order valence-electron chi connectivity index (χ0n) is 5.17. The van der Waals surface area contributed by atoms with Crippen molar-refractivity contribution in [3.63, 3.8) is 0 Å². The highest BCUT2D eigenvalue weighted by Gasteiger charge is 1.75. The molecule has 0 heterocycles. The van der Waals surface area contributed by atoms with Crippen molar-refractivity contribution in [3.05, 3.63) is 36.3 Å². The molecule has 6 N–H and O–H groups in total. The molecule has 0 spiro atoms. The van der Waals surface area contributed by atoms with E-state index in [-0.39, 0.29) is 5.82 Å². The Morgan fingerprint density at radius 2 is 1.67 bits per heavy atom. The van der Waals surface area contributed by atoms with Crippen molar-refractivity contribution >= 4 is 0 Å².